The molecule has 0 spiro atoms. The fourth-order valence-corrected chi connectivity index (χ4v) is 5.71. The Balaban J connectivity index is 1.43. The van der Waals surface area contributed by atoms with E-state index in [2.05, 4.69) is 41.1 Å². The lowest BCUT2D eigenvalue weighted by molar-refractivity contribution is -0.113. The number of aliphatic imine (C=N–C) groups is 1. The normalized spacial score (nSPS) is 17.7. The predicted molar refractivity (Wildman–Crippen MR) is 137 cm³/mol. The van der Waals surface area contributed by atoms with Crippen molar-refractivity contribution in [2.45, 2.75) is 11.8 Å². The molecule has 5 rings (SSSR count). The van der Waals surface area contributed by atoms with E-state index in [9.17, 15) is 4.79 Å². The summed E-state index contributed by atoms with van der Waals surface area (Å²) in [6, 6.07) is 28.4. The molecule has 0 saturated carbocycles. The zero-order valence-corrected chi connectivity index (χ0v) is 19.1. The SMILES string of the molecule is CCN1C(=CC=C2SC(N(c3ccccc3)c3ccccc3)=NC2=O)Sc2ccccc21. The Hall–Kier alpha value is -3.22. The van der Waals surface area contributed by atoms with E-state index < -0.39 is 0 Å². The second kappa shape index (κ2) is 9.10. The number of para-hydroxylation sites is 3. The minimum Gasteiger partial charge on any atom is -0.335 e. The number of anilines is 3. The van der Waals surface area contributed by atoms with Crippen LogP contribution in [0.25, 0.3) is 0 Å². The first-order valence-corrected chi connectivity index (χ1v) is 12.1. The lowest BCUT2D eigenvalue weighted by Gasteiger charge is -2.23. The number of nitrogens with zero attached hydrogens (tertiary/aromatic N) is 3. The number of hydrogen-bond acceptors (Lipinski definition) is 5. The minimum absolute atomic E-state index is 0.206. The zero-order valence-electron chi connectivity index (χ0n) is 17.5. The van der Waals surface area contributed by atoms with Crippen LogP contribution in [0.3, 0.4) is 0 Å². The summed E-state index contributed by atoms with van der Waals surface area (Å²) >= 11 is 3.14. The lowest BCUT2D eigenvalue weighted by Crippen LogP contribution is -2.21. The fourth-order valence-electron chi connectivity index (χ4n) is 3.68. The van der Waals surface area contributed by atoms with Crippen molar-refractivity contribution in [2.24, 2.45) is 4.99 Å². The van der Waals surface area contributed by atoms with Gasteiger partial charge in [-0.15, -0.1) is 0 Å². The van der Waals surface area contributed by atoms with Crippen molar-refractivity contribution < 1.29 is 4.79 Å². The van der Waals surface area contributed by atoms with Gasteiger partial charge in [-0.25, -0.2) is 0 Å². The van der Waals surface area contributed by atoms with Crippen LogP contribution in [-0.2, 0) is 4.79 Å². The van der Waals surface area contributed by atoms with Gasteiger partial charge in [0.05, 0.1) is 15.6 Å². The predicted octanol–water partition coefficient (Wildman–Crippen LogP) is 6.81. The van der Waals surface area contributed by atoms with Crippen LogP contribution in [0, 0.1) is 0 Å². The van der Waals surface area contributed by atoms with E-state index >= 15 is 0 Å². The first kappa shape index (κ1) is 20.7. The van der Waals surface area contributed by atoms with Gasteiger partial charge >= 0.3 is 0 Å². The maximum Gasteiger partial charge on any atom is 0.286 e. The number of amides is 1. The van der Waals surface area contributed by atoms with Crippen molar-refractivity contribution in [3.8, 4) is 0 Å². The smallest absolute Gasteiger partial charge is 0.286 e. The van der Waals surface area contributed by atoms with Gasteiger partial charge in [0.15, 0.2) is 5.17 Å². The van der Waals surface area contributed by atoms with E-state index in [1.807, 2.05) is 77.7 Å². The summed E-state index contributed by atoms with van der Waals surface area (Å²) in [6.07, 6.45) is 3.93. The Kier molecular flexibility index (Phi) is 5.88. The van der Waals surface area contributed by atoms with Gasteiger partial charge in [-0.2, -0.15) is 4.99 Å². The largest absolute Gasteiger partial charge is 0.335 e. The average molecular weight is 456 g/mol. The molecule has 2 aliphatic heterocycles. The number of fused-ring (bicyclic) bond motifs is 1. The number of benzene rings is 3. The zero-order chi connectivity index (χ0) is 21.9. The van der Waals surface area contributed by atoms with Crippen molar-refractivity contribution in [3.05, 3.63) is 107 Å². The molecule has 32 heavy (non-hydrogen) atoms. The number of thioether (sulfide) groups is 2. The summed E-state index contributed by atoms with van der Waals surface area (Å²) in [5.41, 5.74) is 3.15. The molecule has 0 atom stereocenters. The molecule has 4 nitrogen and oxygen atoms in total. The van der Waals surface area contributed by atoms with Crippen LogP contribution in [0.5, 0.6) is 0 Å². The van der Waals surface area contributed by atoms with Crippen LogP contribution in [0.15, 0.2) is 117 Å². The van der Waals surface area contributed by atoms with E-state index in [0.717, 1.165) is 22.9 Å². The van der Waals surface area contributed by atoms with Gasteiger partial charge in [-0.1, -0.05) is 60.3 Å². The monoisotopic (exact) mass is 455 g/mol. The van der Waals surface area contributed by atoms with Crippen molar-refractivity contribution in [3.63, 3.8) is 0 Å². The van der Waals surface area contributed by atoms with Crippen LogP contribution in [-0.4, -0.2) is 17.6 Å². The highest BCUT2D eigenvalue weighted by molar-refractivity contribution is 8.18. The average Bonchev–Trinajstić information content (AvgIpc) is 3.38. The second-order valence-corrected chi connectivity index (χ2v) is 9.23. The summed E-state index contributed by atoms with van der Waals surface area (Å²) in [4.78, 5) is 23.3. The van der Waals surface area contributed by atoms with E-state index in [-0.39, 0.29) is 5.91 Å². The Morgan fingerprint density at radius 1 is 0.844 bits per heavy atom. The maximum absolute atomic E-state index is 12.8. The molecular formula is C26H21N3OS2. The minimum atomic E-state index is -0.206. The Morgan fingerprint density at radius 2 is 1.47 bits per heavy atom. The number of carbonyl (C=O) groups excluding carboxylic acids is 1. The van der Waals surface area contributed by atoms with Gasteiger partial charge in [-0.3, -0.25) is 9.69 Å². The van der Waals surface area contributed by atoms with Gasteiger partial charge in [0, 0.05) is 22.8 Å². The highest BCUT2D eigenvalue weighted by Crippen LogP contribution is 2.46. The molecule has 0 aromatic heterocycles. The molecule has 0 bridgehead atoms. The Bertz CT molecular complexity index is 1200. The number of allylic oxidation sites excluding steroid dienone is 2. The van der Waals surface area contributed by atoms with Gasteiger partial charge in [0.2, 0.25) is 0 Å². The lowest BCUT2D eigenvalue weighted by atomic mass is 10.2. The van der Waals surface area contributed by atoms with Gasteiger partial charge in [0.25, 0.3) is 5.91 Å². The van der Waals surface area contributed by atoms with Crippen molar-refractivity contribution >= 4 is 51.7 Å². The number of hydrogen-bond donors (Lipinski definition) is 0. The molecular weight excluding hydrogens is 434 g/mol. The molecule has 2 heterocycles. The third-order valence-electron chi connectivity index (χ3n) is 5.16. The molecule has 0 radical (unpaired) electrons. The first-order valence-electron chi connectivity index (χ1n) is 10.4. The molecule has 3 aromatic carbocycles. The second-order valence-electron chi connectivity index (χ2n) is 7.16. The van der Waals surface area contributed by atoms with Gasteiger partial charge < -0.3 is 4.90 Å². The van der Waals surface area contributed by atoms with Crippen LogP contribution < -0.4 is 9.80 Å². The topological polar surface area (TPSA) is 35.9 Å². The molecule has 0 N–H and O–H groups in total. The van der Waals surface area contributed by atoms with E-state index in [1.54, 1.807) is 11.8 Å². The molecule has 6 heteroatoms. The van der Waals surface area contributed by atoms with Crippen molar-refractivity contribution in [1.82, 2.24) is 0 Å². The van der Waals surface area contributed by atoms with Crippen LogP contribution in [0.2, 0.25) is 0 Å². The molecule has 0 saturated heterocycles. The Labute approximate surface area is 196 Å². The third-order valence-corrected chi connectivity index (χ3v) is 7.28. The summed E-state index contributed by atoms with van der Waals surface area (Å²) in [5.74, 6) is -0.206. The van der Waals surface area contributed by atoms with Crippen molar-refractivity contribution in [2.75, 3.05) is 16.3 Å². The van der Waals surface area contributed by atoms with Crippen LogP contribution >= 0.6 is 23.5 Å². The molecule has 2 aliphatic rings. The fraction of sp³-hybridized carbons (Fsp3) is 0.0769. The quantitative estimate of drug-likeness (QED) is 0.404. The Morgan fingerprint density at radius 3 is 2.12 bits per heavy atom. The first-order chi connectivity index (χ1) is 15.7. The summed E-state index contributed by atoms with van der Waals surface area (Å²) in [6.45, 7) is 3.01. The van der Waals surface area contributed by atoms with Gasteiger partial charge in [0.1, 0.15) is 0 Å². The third kappa shape index (κ3) is 3.99. The molecule has 1 amide bonds. The van der Waals surface area contributed by atoms with Crippen LogP contribution in [0.1, 0.15) is 6.92 Å². The number of rotatable bonds is 4. The summed E-state index contributed by atoms with van der Waals surface area (Å²) < 4.78 is 0. The molecule has 0 fully saturated rings. The highest BCUT2D eigenvalue weighted by atomic mass is 32.2. The van der Waals surface area contributed by atoms with Crippen LogP contribution in [0.4, 0.5) is 17.1 Å². The van der Waals surface area contributed by atoms with Gasteiger partial charge in [-0.05, 0) is 67.2 Å². The van der Waals surface area contributed by atoms with Crippen molar-refractivity contribution in [1.29, 1.82) is 0 Å². The van der Waals surface area contributed by atoms with E-state index in [4.69, 9.17) is 0 Å². The molecule has 3 aromatic rings. The van der Waals surface area contributed by atoms with E-state index in [0.29, 0.717) is 10.1 Å². The molecule has 0 unspecified atom stereocenters. The maximum atomic E-state index is 12.8. The summed E-state index contributed by atoms with van der Waals surface area (Å²) in [7, 11) is 0. The van der Waals surface area contributed by atoms with E-state index in [1.165, 1.54) is 22.3 Å². The molecule has 0 aliphatic carbocycles. The highest BCUT2D eigenvalue weighted by Gasteiger charge is 2.28. The number of amidine groups is 1. The number of carbonyl (C=O) groups is 1. The summed E-state index contributed by atoms with van der Waals surface area (Å²) in [5, 5.41) is 1.78. The standard InChI is InChI=1S/C26H21N3OS2/c1-2-28-21-15-9-10-16-22(21)31-24(28)18-17-23-25(30)27-26(32-23)29(19-11-5-3-6-12-19)20-13-7-4-8-14-20/h3-18H,2H2,1H3. The molecule has 158 valence electrons.